The summed E-state index contributed by atoms with van der Waals surface area (Å²) in [4.78, 5) is 0. The molecule has 0 aliphatic carbocycles. The minimum absolute atomic E-state index is 0.181. The molecule has 0 fully saturated rings. The van der Waals surface area contributed by atoms with Crippen LogP contribution < -0.4 is 0 Å². The molecular weight excluding hydrogens is 202 g/mol. The first kappa shape index (κ1) is 11.5. The van der Waals surface area contributed by atoms with Crippen LogP contribution in [0.2, 0.25) is 0 Å². The molecule has 0 N–H and O–H groups in total. The highest BCUT2D eigenvalue weighted by Gasteiger charge is 2.14. The standard InChI is InChI=1S/C11H14F2S/c1-4-11(14-3)9-5-8(12)6-10(13)7(9)2/h5-6,11H,4H2,1-3H3. The third kappa shape index (κ3) is 2.27. The summed E-state index contributed by atoms with van der Waals surface area (Å²) in [7, 11) is 0. The average Bonchev–Trinajstić information content (AvgIpc) is 2.15. The van der Waals surface area contributed by atoms with Gasteiger partial charge in [-0.25, -0.2) is 8.78 Å². The third-order valence-corrected chi connectivity index (χ3v) is 3.51. The van der Waals surface area contributed by atoms with Crippen molar-refractivity contribution in [1.29, 1.82) is 0 Å². The van der Waals surface area contributed by atoms with Crippen LogP contribution in [-0.4, -0.2) is 6.26 Å². The van der Waals surface area contributed by atoms with Crippen molar-refractivity contribution >= 4 is 11.8 Å². The van der Waals surface area contributed by atoms with Crippen LogP contribution in [0.25, 0.3) is 0 Å². The summed E-state index contributed by atoms with van der Waals surface area (Å²) in [6.45, 7) is 3.71. The van der Waals surface area contributed by atoms with Crippen molar-refractivity contribution in [3.05, 3.63) is 34.9 Å². The SMILES string of the molecule is CCC(SC)c1cc(F)cc(F)c1C. The number of halogens is 2. The molecule has 1 aromatic rings. The van der Waals surface area contributed by atoms with Gasteiger partial charge in [-0.15, -0.1) is 0 Å². The second kappa shape index (κ2) is 4.78. The molecule has 0 spiro atoms. The normalized spacial score (nSPS) is 12.9. The van der Waals surface area contributed by atoms with Gasteiger partial charge >= 0.3 is 0 Å². The van der Waals surface area contributed by atoms with Crippen molar-refractivity contribution in [1.82, 2.24) is 0 Å². The molecule has 0 saturated heterocycles. The van der Waals surface area contributed by atoms with Crippen molar-refractivity contribution in [3.8, 4) is 0 Å². The summed E-state index contributed by atoms with van der Waals surface area (Å²) in [5, 5.41) is 0.181. The fourth-order valence-corrected chi connectivity index (χ4v) is 2.35. The van der Waals surface area contributed by atoms with Crippen LogP contribution >= 0.6 is 11.8 Å². The predicted octanol–water partition coefficient (Wildman–Crippen LogP) is 4.09. The van der Waals surface area contributed by atoms with E-state index in [-0.39, 0.29) is 5.25 Å². The van der Waals surface area contributed by atoms with Crippen molar-refractivity contribution in [2.45, 2.75) is 25.5 Å². The van der Waals surface area contributed by atoms with E-state index in [1.54, 1.807) is 18.7 Å². The second-order valence-electron chi connectivity index (χ2n) is 3.23. The fraction of sp³-hybridized carbons (Fsp3) is 0.455. The number of rotatable bonds is 3. The van der Waals surface area contributed by atoms with Crippen LogP contribution in [0, 0.1) is 18.6 Å². The van der Waals surface area contributed by atoms with Gasteiger partial charge in [0.05, 0.1) is 0 Å². The van der Waals surface area contributed by atoms with Crippen LogP contribution in [0.1, 0.15) is 29.7 Å². The molecule has 0 amide bonds. The first-order chi connectivity index (χ1) is 6.60. The van der Waals surface area contributed by atoms with Gasteiger partial charge < -0.3 is 0 Å². The molecule has 0 aliphatic heterocycles. The maximum absolute atomic E-state index is 13.2. The molecular formula is C11H14F2S. The molecule has 0 saturated carbocycles. The van der Waals surface area contributed by atoms with Gasteiger partial charge in [0.15, 0.2) is 0 Å². The Kier molecular flexibility index (Phi) is 3.93. The molecule has 1 atom stereocenters. The Hall–Kier alpha value is -0.570. The smallest absolute Gasteiger partial charge is 0.129 e. The monoisotopic (exact) mass is 216 g/mol. The molecule has 1 aromatic carbocycles. The highest BCUT2D eigenvalue weighted by Crippen LogP contribution is 2.33. The van der Waals surface area contributed by atoms with Gasteiger partial charge in [-0.1, -0.05) is 6.92 Å². The Balaban J connectivity index is 3.18. The van der Waals surface area contributed by atoms with E-state index in [1.165, 1.54) is 6.07 Å². The molecule has 0 bridgehead atoms. The Bertz CT molecular complexity index is 319. The Labute approximate surface area is 87.7 Å². The van der Waals surface area contributed by atoms with Crippen LogP contribution in [0.4, 0.5) is 8.78 Å². The zero-order chi connectivity index (χ0) is 10.7. The number of hydrogen-bond acceptors (Lipinski definition) is 1. The number of thioether (sulfide) groups is 1. The first-order valence-electron chi connectivity index (χ1n) is 4.58. The minimum Gasteiger partial charge on any atom is -0.207 e. The van der Waals surface area contributed by atoms with E-state index in [9.17, 15) is 8.78 Å². The summed E-state index contributed by atoms with van der Waals surface area (Å²) in [6, 6.07) is 2.37. The van der Waals surface area contributed by atoms with Crippen molar-refractivity contribution in [2.75, 3.05) is 6.26 Å². The summed E-state index contributed by atoms with van der Waals surface area (Å²) in [5.41, 5.74) is 1.34. The maximum Gasteiger partial charge on any atom is 0.129 e. The lowest BCUT2D eigenvalue weighted by Gasteiger charge is -2.15. The molecule has 0 aliphatic rings. The molecule has 1 unspecified atom stereocenters. The van der Waals surface area contributed by atoms with E-state index in [0.717, 1.165) is 18.1 Å². The largest absolute Gasteiger partial charge is 0.207 e. The van der Waals surface area contributed by atoms with Crippen LogP contribution in [0.15, 0.2) is 12.1 Å². The lowest BCUT2D eigenvalue weighted by Crippen LogP contribution is -1.99. The quantitative estimate of drug-likeness (QED) is 0.733. The third-order valence-electron chi connectivity index (χ3n) is 2.35. The molecule has 0 radical (unpaired) electrons. The van der Waals surface area contributed by atoms with Gasteiger partial charge in [-0.05, 0) is 36.8 Å². The van der Waals surface area contributed by atoms with E-state index < -0.39 is 11.6 Å². The van der Waals surface area contributed by atoms with Gasteiger partial charge in [-0.2, -0.15) is 11.8 Å². The molecule has 0 heterocycles. The lowest BCUT2D eigenvalue weighted by atomic mass is 10.0. The molecule has 78 valence electrons. The molecule has 14 heavy (non-hydrogen) atoms. The highest BCUT2D eigenvalue weighted by atomic mass is 32.2. The van der Waals surface area contributed by atoms with Gasteiger partial charge in [0.25, 0.3) is 0 Å². The average molecular weight is 216 g/mol. The second-order valence-corrected chi connectivity index (χ2v) is 4.27. The summed E-state index contributed by atoms with van der Waals surface area (Å²) in [5.74, 6) is -0.942. The van der Waals surface area contributed by atoms with Gasteiger partial charge in [0.2, 0.25) is 0 Å². The first-order valence-corrected chi connectivity index (χ1v) is 5.87. The lowest BCUT2D eigenvalue weighted by molar-refractivity contribution is 0.572. The van der Waals surface area contributed by atoms with Crippen molar-refractivity contribution in [2.24, 2.45) is 0 Å². The predicted molar refractivity (Wildman–Crippen MR) is 57.6 cm³/mol. The minimum atomic E-state index is -0.490. The van der Waals surface area contributed by atoms with Crippen molar-refractivity contribution < 1.29 is 8.78 Å². The fourth-order valence-electron chi connectivity index (χ4n) is 1.51. The van der Waals surface area contributed by atoms with Crippen LogP contribution in [0.3, 0.4) is 0 Å². The van der Waals surface area contributed by atoms with Crippen LogP contribution in [0.5, 0.6) is 0 Å². The van der Waals surface area contributed by atoms with E-state index in [0.29, 0.717) is 5.56 Å². The van der Waals surface area contributed by atoms with Crippen molar-refractivity contribution in [3.63, 3.8) is 0 Å². The highest BCUT2D eigenvalue weighted by molar-refractivity contribution is 7.98. The Morgan fingerprint density at radius 1 is 1.36 bits per heavy atom. The van der Waals surface area contributed by atoms with E-state index in [4.69, 9.17) is 0 Å². The van der Waals surface area contributed by atoms with Crippen LogP contribution in [-0.2, 0) is 0 Å². The summed E-state index contributed by atoms with van der Waals surface area (Å²) >= 11 is 1.62. The Morgan fingerprint density at radius 2 is 2.00 bits per heavy atom. The van der Waals surface area contributed by atoms with E-state index in [1.807, 2.05) is 13.2 Å². The summed E-state index contributed by atoms with van der Waals surface area (Å²) in [6.07, 6.45) is 2.83. The van der Waals surface area contributed by atoms with Gasteiger partial charge in [0.1, 0.15) is 11.6 Å². The molecule has 0 aromatic heterocycles. The maximum atomic E-state index is 13.2. The Morgan fingerprint density at radius 3 is 2.50 bits per heavy atom. The molecule has 3 heteroatoms. The zero-order valence-electron chi connectivity index (χ0n) is 8.60. The van der Waals surface area contributed by atoms with E-state index >= 15 is 0 Å². The molecule has 0 nitrogen and oxygen atoms in total. The zero-order valence-corrected chi connectivity index (χ0v) is 9.42. The topological polar surface area (TPSA) is 0 Å². The molecule has 1 rings (SSSR count). The van der Waals surface area contributed by atoms with Gasteiger partial charge in [-0.3, -0.25) is 0 Å². The number of benzene rings is 1. The van der Waals surface area contributed by atoms with Gasteiger partial charge in [0, 0.05) is 11.3 Å². The van der Waals surface area contributed by atoms with E-state index in [2.05, 4.69) is 0 Å². The number of hydrogen-bond donors (Lipinski definition) is 0. The summed E-state index contributed by atoms with van der Waals surface area (Å²) < 4.78 is 26.2.